The van der Waals surface area contributed by atoms with Crippen molar-refractivity contribution in [2.45, 2.75) is 96.5 Å². The summed E-state index contributed by atoms with van der Waals surface area (Å²) in [5.74, 6) is 2.76. The van der Waals surface area contributed by atoms with Crippen molar-refractivity contribution in [1.82, 2.24) is 0 Å². The SMILES string of the molecule is CCCCCC1CCC(C2CCC(C)(OC(=O)OC)CC2)CC1. The zero-order valence-corrected chi connectivity index (χ0v) is 15.4. The van der Waals surface area contributed by atoms with Gasteiger partial charge in [-0.3, -0.25) is 0 Å². The Morgan fingerprint density at radius 3 is 2.17 bits per heavy atom. The van der Waals surface area contributed by atoms with Gasteiger partial charge in [0.15, 0.2) is 0 Å². The molecule has 0 aromatic rings. The van der Waals surface area contributed by atoms with Gasteiger partial charge in [-0.15, -0.1) is 0 Å². The molecule has 0 spiro atoms. The first-order valence-electron chi connectivity index (χ1n) is 9.83. The molecule has 0 atom stereocenters. The lowest BCUT2D eigenvalue weighted by atomic mass is 9.68. The topological polar surface area (TPSA) is 35.5 Å². The highest BCUT2D eigenvalue weighted by Crippen LogP contribution is 2.44. The van der Waals surface area contributed by atoms with Crippen molar-refractivity contribution in [3.63, 3.8) is 0 Å². The van der Waals surface area contributed by atoms with E-state index in [0.29, 0.717) is 0 Å². The number of hydrogen-bond donors (Lipinski definition) is 0. The van der Waals surface area contributed by atoms with Crippen molar-refractivity contribution in [3.05, 3.63) is 0 Å². The molecule has 2 rings (SSSR count). The summed E-state index contributed by atoms with van der Waals surface area (Å²) in [5, 5.41) is 0. The zero-order chi connectivity index (χ0) is 16.7. The van der Waals surface area contributed by atoms with Crippen LogP contribution in [0.2, 0.25) is 0 Å². The van der Waals surface area contributed by atoms with Crippen LogP contribution >= 0.6 is 0 Å². The lowest BCUT2D eigenvalue weighted by Crippen LogP contribution is -2.38. The van der Waals surface area contributed by atoms with Crippen LogP contribution in [0, 0.1) is 17.8 Å². The van der Waals surface area contributed by atoms with Gasteiger partial charge in [-0.25, -0.2) is 4.79 Å². The minimum Gasteiger partial charge on any atom is -0.438 e. The molecule has 0 amide bonds. The molecule has 3 heteroatoms. The normalized spacial score (nSPS) is 34.8. The smallest absolute Gasteiger partial charge is 0.438 e. The van der Waals surface area contributed by atoms with E-state index in [0.717, 1.165) is 30.6 Å². The van der Waals surface area contributed by atoms with Crippen molar-refractivity contribution in [1.29, 1.82) is 0 Å². The maximum absolute atomic E-state index is 11.4. The van der Waals surface area contributed by atoms with Gasteiger partial charge in [0.05, 0.1) is 7.11 Å². The number of ether oxygens (including phenoxy) is 2. The van der Waals surface area contributed by atoms with E-state index in [4.69, 9.17) is 4.74 Å². The first-order chi connectivity index (χ1) is 11.1. The van der Waals surface area contributed by atoms with E-state index in [9.17, 15) is 4.79 Å². The first-order valence-corrected chi connectivity index (χ1v) is 9.83. The fourth-order valence-corrected chi connectivity index (χ4v) is 4.70. The summed E-state index contributed by atoms with van der Waals surface area (Å²) >= 11 is 0. The minimum atomic E-state index is -0.529. The van der Waals surface area contributed by atoms with Gasteiger partial charge in [-0.1, -0.05) is 45.4 Å². The predicted octanol–water partition coefficient (Wildman–Crippen LogP) is 6.11. The molecule has 0 aliphatic heterocycles. The molecule has 0 N–H and O–H groups in total. The van der Waals surface area contributed by atoms with Crippen LogP contribution in [0.3, 0.4) is 0 Å². The number of carbonyl (C=O) groups excluding carboxylic acids is 1. The molecule has 2 aliphatic rings. The van der Waals surface area contributed by atoms with Gasteiger partial charge in [-0.2, -0.15) is 0 Å². The van der Waals surface area contributed by atoms with Crippen LogP contribution in [0.1, 0.15) is 90.9 Å². The second-order valence-electron chi connectivity index (χ2n) is 8.12. The summed E-state index contributed by atoms with van der Waals surface area (Å²) in [6.45, 7) is 4.35. The van der Waals surface area contributed by atoms with Crippen molar-refractivity contribution in [2.75, 3.05) is 7.11 Å². The molecule has 0 bridgehead atoms. The van der Waals surface area contributed by atoms with Gasteiger partial charge in [0, 0.05) is 0 Å². The molecular weight excluding hydrogens is 288 g/mol. The van der Waals surface area contributed by atoms with Gasteiger partial charge < -0.3 is 9.47 Å². The number of unbranched alkanes of at least 4 members (excludes halogenated alkanes) is 2. The third-order valence-corrected chi connectivity index (χ3v) is 6.36. The van der Waals surface area contributed by atoms with E-state index < -0.39 is 6.16 Å². The molecule has 2 aliphatic carbocycles. The highest BCUT2D eigenvalue weighted by atomic mass is 16.7. The molecule has 0 saturated heterocycles. The standard InChI is InChI=1S/C20H36O3/c1-4-5-6-7-16-8-10-17(11-9-16)18-12-14-20(2,15-13-18)23-19(21)22-3/h16-18H,4-15H2,1-3H3. The van der Waals surface area contributed by atoms with E-state index in [1.165, 1.54) is 71.3 Å². The average molecular weight is 325 g/mol. The van der Waals surface area contributed by atoms with Crippen LogP contribution in [0.15, 0.2) is 0 Å². The number of hydrogen-bond acceptors (Lipinski definition) is 3. The maximum Gasteiger partial charge on any atom is 0.508 e. The summed E-state index contributed by atoms with van der Waals surface area (Å²) in [7, 11) is 1.39. The number of carbonyl (C=O) groups is 1. The summed E-state index contributed by atoms with van der Waals surface area (Å²) in [6.07, 6.45) is 15.2. The Hall–Kier alpha value is -0.730. The predicted molar refractivity (Wildman–Crippen MR) is 93.4 cm³/mol. The van der Waals surface area contributed by atoms with Crippen LogP contribution in [0.4, 0.5) is 4.79 Å². The van der Waals surface area contributed by atoms with E-state index in [1.54, 1.807) is 0 Å². The Balaban J connectivity index is 1.69. The Morgan fingerprint density at radius 2 is 1.61 bits per heavy atom. The van der Waals surface area contributed by atoms with Crippen molar-refractivity contribution >= 4 is 6.16 Å². The summed E-state index contributed by atoms with van der Waals surface area (Å²) in [4.78, 5) is 11.4. The van der Waals surface area contributed by atoms with Crippen LogP contribution in [-0.4, -0.2) is 18.9 Å². The summed E-state index contributed by atoms with van der Waals surface area (Å²) in [6, 6.07) is 0. The molecule has 23 heavy (non-hydrogen) atoms. The molecule has 3 nitrogen and oxygen atoms in total. The van der Waals surface area contributed by atoms with Crippen LogP contribution < -0.4 is 0 Å². The van der Waals surface area contributed by atoms with Crippen molar-refractivity contribution < 1.29 is 14.3 Å². The first kappa shape index (κ1) is 18.6. The molecule has 2 fully saturated rings. The molecular formula is C20H36O3. The zero-order valence-electron chi connectivity index (χ0n) is 15.4. The molecule has 0 unspecified atom stereocenters. The van der Waals surface area contributed by atoms with Gasteiger partial charge >= 0.3 is 6.16 Å². The Labute approximate surface area is 142 Å². The van der Waals surface area contributed by atoms with Crippen molar-refractivity contribution in [2.24, 2.45) is 17.8 Å². The van der Waals surface area contributed by atoms with Crippen molar-refractivity contribution in [3.8, 4) is 0 Å². The summed E-state index contributed by atoms with van der Waals surface area (Å²) in [5.41, 5.74) is -0.305. The lowest BCUT2D eigenvalue weighted by Gasteiger charge is -2.41. The summed E-state index contributed by atoms with van der Waals surface area (Å²) < 4.78 is 10.1. The van der Waals surface area contributed by atoms with Gasteiger partial charge in [0.1, 0.15) is 5.60 Å². The van der Waals surface area contributed by atoms with E-state index in [-0.39, 0.29) is 5.60 Å². The third-order valence-electron chi connectivity index (χ3n) is 6.36. The maximum atomic E-state index is 11.4. The van der Waals surface area contributed by atoms with Gasteiger partial charge in [0.2, 0.25) is 0 Å². The fraction of sp³-hybridized carbons (Fsp3) is 0.950. The van der Waals surface area contributed by atoms with E-state index in [2.05, 4.69) is 18.6 Å². The van der Waals surface area contributed by atoms with Crippen LogP contribution in [0.5, 0.6) is 0 Å². The highest BCUT2D eigenvalue weighted by Gasteiger charge is 2.38. The monoisotopic (exact) mass is 324 g/mol. The molecule has 0 aromatic carbocycles. The van der Waals surface area contributed by atoms with E-state index >= 15 is 0 Å². The molecule has 0 aromatic heterocycles. The van der Waals surface area contributed by atoms with Crippen LogP contribution in [0.25, 0.3) is 0 Å². The highest BCUT2D eigenvalue weighted by molar-refractivity contribution is 5.60. The third kappa shape index (κ3) is 5.69. The lowest BCUT2D eigenvalue weighted by molar-refractivity contribution is -0.0506. The average Bonchev–Trinajstić information content (AvgIpc) is 2.56. The number of methoxy groups -OCH3 is 1. The number of rotatable bonds is 6. The molecule has 0 radical (unpaired) electrons. The largest absolute Gasteiger partial charge is 0.508 e. The molecule has 134 valence electrons. The second kappa shape index (κ2) is 8.94. The molecule has 2 saturated carbocycles. The Bertz CT molecular complexity index is 350. The Morgan fingerprint density at radius 1 is 1.00 bits per heavy atom. The van der Waals surface area contributed by atoms with Gasteiger partial charge in [-0.05, 0) is 63.2 Å². The minimum absolute atomic E-state index is 0.305. The van der Waals surface area contributed by atoms with E-state index in [1.807, 2.05) is 0 Å². The quantitative estimate of drug-likeness (QED) is 0.437. The Kier molecular flexibility index (Phi) is 7.23. The fourth-order valence-electron chi connectivity index (χ4n) is 4.70. The second-order valence-corrected chi connectivity index (χ2v) is 8.12. The van der Waals surface area contributed by atoms with Gasteiger partial charge in [0.25, 0.3) is 0 Å². The van der Waals surface area contributed by atoms with Crippen LogP contribution in [-0.2, 0) is 9.47 Å². The molecule has 0 heterocycles.